The summed E-state index contributed by atoms with van der Waals surface area (Å²) in [6.45, 7) is 0. The molecule has 0 aliphatic heterocycles. The first-order chi connectivity index (χ1) is 14.9. The van der Waals surface area contributed by atoms with E-state index in [1.807, 2.05) is 12.1 Å². The van der Waals surface area contributed by atoms with Gasteiger partial charge in [-0.2, -0.15) is 13.7 Å². The van der Waals surface area contributed by atoms with Crippen molar-refractivity contribution in [2.45, 2.75) is 4.90 Å². The van der Waals surface area contributed by atoms with E-state index in [1.165, 1.54) is 49.6 Å². The van der Waals surface area contributed by atoms with Gasteiger partial charge in [-0.25, -0.2) is 0 Å². The predicted octanol–water partition coefficient (Wildman–Crippen LogP) is 4.01. The SMILES string of the molecule is COc1ccc(S(=O)(=O)Oc2cccc(/C=C(\C#N)C(=O)Nc3ccccc3)c2)cc1. The summed E-state index contributed by atoms with van der Waals surface area (Å²) in [5.41, 5.74) is 0.845. The van der Waals surface area contributed by atoms with Gasteiger partial charge in [0.25, 0.3) is 5.91 Å². The van der Waals surface area contributed by atoms with Crippen LogP contribution >= 0.6 is 0 Å². The maximum Gasteiger partial charge on any atom is 0.339 e. The van der Waals surface area contributed by atoms with Crippen LogP contribution in [0.5, 0.6) is 11.5 Å². The van der Waals surface area contributed by atoms with Crippen LogP contribution in [0.1, 0.15) is 5.56 Å². The van der Waals surface area contributed by atoms with Gasteiger partial charge in [-0.05, 0) is 60.2 Å². The Hall–Kier alpha value is -4.09. The van der Waals surface area contributed by atoms with E-state index in [2.05, 4.69) is 5.32 Å². The average molecular weight is 434 g/mol. The standard InChI is InChI=1S/C23H18N2O5S/c1-29-20-10-12-22(13-11-20)31(27,28)30-21-9-5-6-17(15-21)14-18(16-24)23(26)25-19-7-3-2-4-8-19/h2-15H,1H3,(H,25,26)/b18-14+. The van der Waals surface area contributed by atoms with Crippen LogP contribution in [0, 0.1) is 11.3 Å². The molecular weight excluding hydrogens is 416 g/mol. The summed E-state index contributed by atoms with van der Waals surface area (Å²) >= 11 is 0. The third kappa shape index (κ3) is 5.72. The highest BCUT2D eigenvalue weighted by Crippen LogP contribution is 2.23. The van der Waals surface area contributed by atoms with Crippen molar-refractivity contribution in [3.63, 3.8) is 0 Å². The van der Waals surface area contributed by atoms with Crippen LogP contribution in [0.3, 0.4) is 0 Å². The van der Waals surface area contributed by atoms with Crippen LogP contribution in [0.4, 0.5) is 5.69 Å². The lowest BCUT2D eigenvalue weighted by molar-refractivity contribution is -0.112. The topological polar surface area (TPSA) is 105 Å². The molecule has 1 N–H and O–H groups in total. The first kappa shape index (κ1) is 21.6. The van der Waals surface area contributed by atoms with Gasteiger partial charge in [0, 0.05) is 5.69 Å². The third-order valence-corrected chi connectivity index (χ3v) is 5.38. The van der Waals surface area contributed by atoms with Crippen LogP contribution in [0.2, 0.25) is 0 Å². The van der Waals surface area contributed by atoms with Crippen LogP contribution in [0.15, 0.2) is 89.3 Å². The maximum atomic E-state index is 12.5. The molecule has 0 atom stereocenters. The van der Waals surface area contributed by atoms with E-state index in [4.69, 9.17) is 8.92 Å². The molecule has 0 aliphatic carbocycles. The molecule has 0 aliphatic rings. The number of nitriles is 1. The van der Waals surface area contributed by atoms with E-state index in [-0.39, 0.29) is 16.2 Å². The molecule has 3 aromatic rings. The summed E-state index contributed by atoms with van der Waals surface area (Å²) < 4.78 is 35.2. The smallest absolute Gasteiger partial charge is 0.339 e. The van der Waals surface area contributed by atoms with E-state index in [0.29, 0.717) is 17.0 Å². The molecule has 0 unspecified atom stereocenters. The molecule has 7 nitrogen and oxygen atoms in total. The fourth-order valence-corrected chi connectivity index (χ4v) is 3.53. The second-order valence-electron chi connectivity index (χ2n) is 6.28. The quantitative estimate of drug-likeness (QED) is 0.342. The van der Waals surface area contributed by atoms with Gasteiger partial charge < -0.3 is 14.2 Å². The molecule has 8 heteroatoms. The Kier molecular flexibility index (Phi) is 6.70. The summed E-state index contributed by atoms with van der Waals surface area (Å²) in [7, 11) is -2.59. The average Bonchev–Trinajstić information content (AvgIpc) is 2.78. The maximum absolute atomic E-state index is 12.5. The van der Waals surface area contributed by atoms with Gasteiger partial charge >= 0.3 is 10.1 Å². The number of benzene rings is 3. The van der Waals surface area contributed by atoms with Crippen molar-refractivity contribution in [2.75, 3.05) is 12.4 Å². The lowest BCUT2D eigenvalue weighted by atomic mass is 10.1. The molecular formula is C23H18N2O5S. The van der Waals surface area contributed by atoms with Crippen molar-refractivity contribution in [2.24, 2.45) is 0 Å². The Bertz CT molecular complexity index is 1250. The fourth-order valence-electron chi connectivity index (χ4n) is 2.61. The first-order valence-corrected chi connectivity index (χ1v) is 10.5. The van der Waals surface area contributed by atoms with Gasteiger partial charge in [-0.3, -0.25) is 4.79 Å². The summed E-state index contributed by atoms with van der Waals surface area (Å²) in [4.78, 5) is 12.3. The molecule has 0 radical (unpaired) electrons. The Morgan fingerprint density at radius 2 is 1.68 bits per heavy atom. The number of anilines is 1. The highest BCUT2D eigenvalue weighted by molar-refractivity contribution is 7.87. The number of ether oxygens (including phenoxy) is 1. The van der Waals surface area contributed by atoms with Crippen molar-refractivity contribution < 1.29 is 22.1 Å². The Morgan fingerprint density at radius 3 is 2.32 bits per heavy atom. The molecule has 0 bridgehead atoms. The minimum atomic E-state index is -4.07. The normalized spacial score (nSPS) is 11.3. The van der Waals surface area contributed by atoms with Crippen molar-refractivity contribution in [3.05, 3.63) is 90.0 Å². The van der Waals surface area contributed by atoms with E-state index in [1.54, 1.807) is 36.4 Å². The molecule has 1 amide bonds. The Morgan fingerprint density at radius 1 is 0.968 bits per heavy atom. The molecule has 0 fully saturated rings. The number of carbonyl (C=O) groups is 1. The number of hydrogen-bond donors (Lipinski definition) is 1. The zero-order valence-electron chi connectivity index (χ0n) is 16.5. The van der Waals surface area contributed by atoms with Gasteiger partial charge in [0.2, 0.25) is 0 Å². The molecule has 156 valence electrons. The highest BCUT2D eigenvalue weighted by Gasteiger charge is 2.17. The van der Waals surface area contributed by atoms with Gasteiger partial charge in [-0.1, -0.05) is 30.3 Å². The fraction of sp³-hybridized carbons (Fsp3) is 0.0435. The first-order valence-electron chi connectivity index (χ1n) is 9.08. The van der Waals surface area contributed by atoms with E-state index >= 15 is 0 Å². The molecule has 0 aromatic heterocycles. The van der Waals surface area contributed by atoms with Gasteiger partial charge in [0.1, 0.15) is 28.0 Å². The number of amides is 1. The largest absolute Gasteiger partial charge is 0.497 e. The van der Waals surface area contributed by atoms with Crippen molar-refractivity contribution >= 4 is 27.8 Å². The summed E-state index contributed by atoms with van der Waals surface area (Å²) in [6.07, 6.45) is 1.35. The zero-order valence-corrected chi connectivity index (χ0v) is 17.3. The Labute approximate surface area is 180 Å². The number of nitrogens with zero attached hydrogens (tertiary/aromatic N) is 1. The third-order valence-electron chi connectivity index (χ3n) is 4.12. The number of nitrogens with one attached hydrogen (secondary N) is 1. The summed E-state index contributed by atoms with van der Waals surface area (Å²) in [5.74, 6) is -0.0138. The number of para-hydroxylation sites is 1. The molecule has 0 heterocycles. The lowest BCUT2D eigenvalue weighted by Crippen LogP contribution is -2.13. The molecule has 3 rings (SSSR count). The summed E-state index contributed by atoms with van der Waals surface area (Å²) in [6, 6.07) is 22.4. The molecule has 31 heavy (non-hydrogen) atoms. The van der Waals surface area contributed by atoms with Crippen LogP contribution < -0.4 is 14.2 Å². The molecule has 0 saturated carbocycles. The zero-order chi connectivity index (χ0) is 22.3. The van der Waals surface area contributed by atoms with Crippen LogP contribution in [-0.4, -0.2) is 21.4 Å². The minimum absolute atomic E-state index is 0.0332. The number of methoxy groups -OCH3 is 1. The van der Waals surface area contributed by atoms with Crippen molar-refractivity contribution in [1.29, 1.82) is 5.26 Å². The summed E-state index contributed by atoms with van der Waals surface area (Å²) in [5, 5.41) is 12.0. The minimum Gasteiger partial charge on any atom is -0.497 e. The highest BCUT2D eigenvalue weighted by atomic mass is 32.2. The van der Waals surface area contributed by atoms with E-state index in [9.17, 15) is 18.5 Å². The van der Waals surface area contributed by atoms with Crippen LogP contribution in [-0.2, 0) is 14.9 Å². The number of hydrogen-bond acceptors (Lipinski definition) is 6. The second kappa shape index (κ2) is 9.61. The molecule has 0 saturated heterocycles. The van der Waals surface area contributed by atoms with Crippen molar-refractivity contribution in [1.82, 2.24) is 0 Å². The van der Waals surface area contributed by atoms with Gasteiger partial charge in [0.15, 0.2) is 0 Å². The molecule has 3 aromatic carbocycles. The van der Waals surface area contributed by atoms with Gasteiger partial charge in [0.05, 0.1) is 7.11 Å². The second-order valence-corrected chi connectivity index (χ2v) is 7.82. The monoisotopic (exact) mass is 434 g/mol. The van der Waals surface area contributed by atoms with Crippen LogP contribution in [0.25, 0.3) is 6.08 Å². The predicted molar refractivity (Wildman–Crippen MR) is 116 cm³/mol. The van der Waals surface area contributed by atoms with E-state index in [0.717, 1.165) is 0 Å². The lowest BCUT2D eigenvalue weighted by Gasteiger charge is -2.08. The molecule has 0 spiro atoms. The number of carbonyl (C=O) groups excluding carboxylic acids is 1. The van der Waals surface area contributed by atoms with Gasteiger partial charge in [-0.15, -0.1) is 0 Å². The number of rotatable bonds is 7. The van der Waals surface area contributed by atoms with E-state index < -0.39 is 16.0 Å². The van der Waals surface area contributed by atoms with Crippen molar-refractivity contribution in [3.8, 4) is 17.6 Å². The Balaban J connectivity index is 1.79.